The summed E-state index contributed by atoms with van der Waals surface area (Å²) in [7, 11) is -2.90. The molecule has 3 fully saturated rings. The Morgan fingerprint density at radius 1 is 1.27 bits per heavy atom. The summed E-state index contributed by atoms with van der Waals surface area (Å²) in [5, 5.41) is 21.0. The van der Waals surface area contributed by atoms with Crippen LogP contribution >= 0.6 is 7.37 Å². The first-order valence-electron chi connectivity index (χ1n) is 10.2. The van der Waals surface area contributed by atoms with Gasteiger partial charge in [0.1, 0.15) is 5.60 Å². The number of aliphatic hydroxyl groups excluding tert-OH is 1. The molecule has 0 amide bonds. The number of rotatable bonds is 4. The summed E-state index contributed by atoms with van der Waals surface area (Å²) >= 11 is 0. The van der Waals surface area contributed by atoms with Crippen molar-refractivity contribution in [3.63, 3.8) is 0 Å². The zero-order valence-corrected chi connectivity index (χ0v) is 16.8. The van der Waals surface area contributed by atoms with Gasteiger partial charge in [-0.2, -0.15) is 0 Å². The van der Waals surface area contributed by atoms with Gasteiger partial charge in [-0.1, -0.05) is 29.9 Å². The minimum atomic E-state index is -2.90. The molecule has 0 radical (unpaired) electrons. The van der Waals surface area contributed by atoms with E-state index in [2.05, 4.69) is 17.9 Å². The molecule has 0 aromatic heterocycles. The molecule has 3 saturated carbocycles. The van der Waals surface area contributed by atoms with Crippen molar-refractivity contribution in [1.29, 1.82) is 0 Å². The second kappa shape index (κ2) is 8.19. The predicted octanol–water partition coefficient (Wildman–Crippen LogP) is 3.70. The maximum atomic E-state index is 11.3. The van der Waals surface area contributed by atoms with Crippen molar-refractivity contribution in [2.45, 2.75) is 75.9 Å². The first kappa shape index (κ1) is 20.2. The van der Waals surface area contributed by atoms with E-state index in [9.17, 15) is 19.7 Å². The molecule has 146 valence electrons. The molecule has 5 heteroatoms. The third kappa shape index (κ3) is 5.23. The molecule has 0 spiro atoms. The SMILES string of the molecule is CP(=O)(O)CCC/C=C1/CC2C[C@@H](O)[C@H](C#CC3(O)CCCCC3)C2C1. The highest BCUT2D eigenvalue weighted by molar-refractivity contribution is 7.57. The fourth-order valence-corrected chi connectivity index (χ4v) is 5.77. The van der Waals surface area contributed by atoms with Gasteiger partial charge in [-0.3, -0.25) is 4.57 Å². The Morgan fingerprint density at radius 3 is 2.69 bits per heavy atom. The second-order valence-electron chi connectivity index (χ2n) is 8.80. The molecular weight excluding hydrogens is 347 g/mol. The second-order valence-corrected chi connectivity index (χ2v) is 11.4. The number of unbranched alkanes of at least 4 members (excludes halogenated alkanes) is 1. The van der Waals surface area contributed by atoms with Crippen molar-refractivity contribution < 1.29 is 19.7 Å². The van der Waals surface area contributed by atoms with Crippen molar-refractivity contribution in [3.05, 3.63) is 11.6 Å². The number of fused-ring (bicyclic) bond motifs is 1. The Kier molecular flexibility index (Phi) is 6.35. The summed E-state index contributed by atoms with van der Waals surface area (Å²) in [5.74, 6) is 7.27. The molecule has 3 unspecified atom stereocenters. The average molecular weight is 380 g/mol. The van der Waals surface area contributed by atoms with E-state index in [0.29, 0.717) is 18.0 Å². The number of hydrogen-bond acceptors (Lipinski definition) is 3. The van der Waals surface area contributed by atoms with Gasteiger partial charge in [0.05, 0.1) is 6.10 Å². The fourth-order valence-electron chi connectivity index (χ4n) is 5.00. The highest BCUT2D eigenvalue weighted by atomic mass is 31.2. The van der Waals surface area contributed by atoms with Crippen molar-refractivity contribution in [1.82, 2.24) is 0 Å². The van der Waals surface area contributed by atoms with Crippen LogP contribution in [0.25, 0.3) is 0 Å². The van der Waals surface area contributed by atoms with Gasteiger partial charge in [0.15, 0.2) is 7.37 Å². The number of allylic oxidation sites excluding steroid dienone is 2. The topological polar surface area (TPSA) is 77.8 Å². The molecule has 4 nitrogen and oxygen atoms in total. The Balaban J connectivity index is 1.58. The van der Waals surface area contributed by atoms with Gasteiger partial charge >= 0.3 is 0 Å². The van der Waals surface area contributed by atoms with E-state index in [-0.39, 0.29) is 12.0 Å². The summed E-state index contributed by atoms with van der Waals surface area (Å²) < 4.78 is 11.3. The highest BCUT2D eigenvalue weighted by Gasteiger charge is 2.45. The molecule has 5 atom stereocenters. The van der Waals surface area contributed by atoms with Gasteiger partial charge in [-0.15, -0.1) is 0 Å². The van der Waals surface area contributed by atoms with Crippen LogP contribution in [0, 0.1) is 29.6 Å². The normalized spacial score (nSPS) is 37.0. The Bertz CT molecular complexity index is 632. The van der Waals surface area contributed by atoms with E-state index in [4.69, 9.17) is 0 Å². The van der Waals surface area contributed by atoms with E-state index in [1.54, 1.807) is 0 Å². The van der Waals surface area contributed by atoms with Crippen LogP contribution in [0.3, 0.4) is 0 Å². The Hall–Kier alpha value is -0.590. The van der Waals surface area contributed by atoms with Crippen LogP contribution < -0.4 is 0 Å². The van der Waals surface area contributed by atoms with Gasteiger partial charge in [-0.05, 0) is 69.6 Å². The minimum absolute atomic E-state index is 0.0230. The highest BCUT2D eigenvalue weighted by Crippen LogP contribution is 2.50. The quantitative estimate of drug-likeness (QED) is 0.301. The van der Waals surface area contributed by atoms with Gasteiger partial charge in [0, 0.05) is 18.7 Å². The van der Waals surface area contributed by atoms with Crippen LogP contribution in [-0.2, 0) is 4.57 Å². The zero-order chi connectivity index (χ0) is 18.8. The van der Waals surface area contributed by atoms with Gasteiger partial charge in [0.25, 0.3) is 0 Å². The van der Waals surface area contributed by atoms with E-state index in [0.717, 1.165) is 57.8 Å². The third-order valence-corrected chi connectivity index (χ3v) is 7.56. The summed E-state index contributed by atoms with van der Waals surface area (Å²) in [5.41, 5.74) is 0.574. The molecule has 0 heterocycles. The number of hydrogen-bond donors (Lipinski definition) is 3. The Morgan fingerprint density at radius 2 is 2.00 bits per heavy atom. The van der Waals surface area contributed by atoms with E-state index < -0.39 is 13.0 Å². The van der Waals surface area contributed by atoms with Crippen LogP contribution in [0.4, 0.5) is 0 Å². The lowest BCUT2D eigenvalue weighted by Crippen LogP contribution is -2.30. The minimum Gasteiger partial charge on any atom is -0.392 e. The largest absolute Gasteiger partial charge is 0.392 e. The summed E-state index contributed by atoms with van der Waals surface area (Å²) in [6.45, 7) is 1.42. The number of aliphatic hydroxyl groups is 2. The van der Waals surface area contributed by atoms with Crippen LogP contribution in [0.2, 0.25) is 0 Å². The first-order chi connectivity index (χ1) is 12.3. The molecule has 0 aromatic carbocycles. The molecular formula is C21H33O4P. The zero-order valence-electron chi connectivity index (χ0n) is 15.9. The summed E-state index contributed by atoms with van der Waals surface area (Å²) in [6, 6.07) is 0. The molecule has 3 rings (SSSR count). The van der Waals surface area contributed by atoms with Crippen molar-refractivity contribution in [3.8, 4) is 11.8 Å². The lowest BCUT2D eigenvalue weighted by molar-refractivity contribution is 0.0604. The maximum Gasteiger partial charge on any atom is 0.197 e. The van der Waals surface area contributed by atoms with Crippen molar-refractivity contribution in [2.75, 3.05) is 12.8 Å². The smallest absolute Gasteiger partial charge is 0.197 e. The molecule has 26 heavy (non-hydrogen) atoms. The third-order valence-electron chi connectivity index (χ3n) is 6.41. The van der Waals surface area contributed by atoms with E-state index in [1.165, 1.54) is 18.7 Å². The lowest BCUT2D eigenvalue weighted by Gasteiger charge is -2.27. The molecule has 0 bridgehead atoms. The molecule has 0 saturated heterocycles. The molecule has 0 aromatic rings. The summed E-state index contributed by atoms with van der Waals surface area (Å²) in [6.07, 6.45) is 11.4. The summed E-state index contributed by atoms with van der Waals surface area (Å²) in [4.78, 5) is 9.36. The molecule has 0 aliphatic heterocycles. The van der Waals surface area contributed by atoms with Crippen LogP contribution in [0.1, 0.15) is 64.2 Å². The van der Waals surface area contributed by atoms with Crippen molar-refractivity contribution >= 4 is 7.37 Å². The predicted molar refractivity (Wildman–Crippen MR) is 104 cm³/mol. The molecule has 3 aliphatic carbocycles. The van der Waals surface area contributed by atoms with Gasteiger partial charge in [-0.25, -0.2) is 0 Å². The Labute approximate surface area is 157 Å². The first-order valence-corrected chi connectivity index (χ1v) is 12.5. The van der Waals surface area contributed by atoms with Crippen LogP contribution in [0.15, 0.2) is 11.6 Å². The fraction of sp³-hybridized carbons (Fsp3) is 0.810. The van der Waals surface area contributed by atoms with Crippen LogP contribution in [0.5, 0.6) is 0 Å². The maximum absolute atomic E-state index is 11.3. The van der Waals surface area contributed by atoms with Crippen molar-refractivity contribution in [2.24, 2.45) is 17.8 Å². The monoisotopic (exact) mass is 380 g/mol. The molecule has 3 N–H and O–H groups in total. The van der Waals surface area contributed by atoms with E-state index in [1.807, 2.05) is 0 Å². The van der Waals surface area contributed by atoms with E-state index >= 15 is 0 Å². The van der Waals surface area contributed by atoms with Crippen LogP contribution in [-0.4, -0.2) is 39.6 Å². The lowest BCUT2D eigenvalue weighted by atomic mass is 9.84. The van der Waals surface area contributed by atoms with Gasteiger partial charge in [0.2, 0.25) is 0 Å². The van der Waals surface area contributed by atoms with Gasteiger partial charge < -0.3 is 15.1 Å². The average Bonchev–Trinajstić information content (AvgIpc) is 3.06. The standard InChI is InChI=1S/C21H33O4P/c1-26(24,25)12-6-3-7-16-13-17-15-20(22)18(19(17)14-16)8-11-21(23)9-4-2-5-10-21/h7,17-20,22-23H,2-6,9-10,12-15H2,1H3,(H,24,25)/b16-7-/t17?,18-,19?,20-/m1/s1. The molecule has 3 aliphatic rings.